The highest BCUT2D eigenvalue weighted by Gasteiger charge is 2.17. The molecular weight excluding hydrogens is 214 g/mol. The number of carbonyl (C=O) groups is 1. The Balaban J connectivity index is 2.77. The number of benzene rings is 1. The molecule has 0 radical (unpaired) electrons. The van der Waals surface area contributed by atoms with Gasteiger partial charge in [-0.2, -0.15) is 0 Å². The first-order chi connectivity index (χ1) is 7.91. The van der Waals surface area contributed by atoms with E-state index in [0.29, 0.717) is 11.0 Å². The molecule has 1 rings (SSSR count). The molecule has 0 aliphatic rings. The summed E-state index contributed by atoms with van der Waals surface area (Å²) in [7, 11) is 1.35. The van der Waals surface area contributed by atoms with E-state index >= 15 is 0 Å². The number of amides is 1. The van der Waals surface area contributed by atoms with Crippen LogP contribution in [0.15, 0.2) is 24.3 Å². The summed E-state index contributed by atoms with van der Waals surface area (Å²) in [6, 6.07) is 8.03. The van der Waals surface area contributed by atoms with E-state index in [0.717, 1.165) is 12.0 Å². The molecule has 0 fully saturated rings. The molecule has 0 heterocycles. The summed E-state index contributed by atoms with van der Waals surface area (Å²) < 4.78 is 0. The van der Waals surface area contributed by atoms with Crippen LogP contribution in [0, 0.1) is 5.92 Å². The molecule has 0 aromatic heterocycles. The van der Waals surface area contributed by atoms with Gasteiger partial charge in [0.2, 0.25) is 0 Å². The van der Waals surface area contributed by atoms with Gasteiger partial charge in [-0.3, -0.25) is 10.0 Å². The number of hydrogen-bond acceptors (Lipinski definition) is 2. The van der Waals surface area contributed by atoms with E-state index in [-0.39, 0.29) is 11.8 Å². The van der Waals surface area contributed by atoms with E-state index < -0.39 is 0 Å². The molecule has 0 aliphatic carbocycles. The lowest BCUT2D eigenvalue weighted by Crippen LogP contribution is -2.27. The van der Waals surface area contributed by atoms with Crippen LogP contribution in [0.25, 0.3) is 0 Å². The highest BCUT2D eigenvalue weighted by atomic mass is 16.5. The molecule has 0 saturated carbocycles. The highest BCUT2D eigenvalue weighted by Crippen LogP contribution is 2.18. The largest absolute Gasteiger partial charge is 0.286 e. The number of hydroxylamine groups is 2. The number of carbonyl (C=O) groups excluding carboxylic acids is 1. The first-order valence-electron chi connectivity index (χ1n) is 5.97. The van der Waals surface area contributed by atoms with Crippen LogP contribution >= 0.6 is 0 Å². The molecule has 1 aromatic carbocycles. The topological polar surface area (TPSA) is 40.5 Å². The van der Waals surface area contributed by atoms with Crippen LogP contribution in [0.1, 0.15) is 37.8 Å². The van der Waals surface area contributed by atoms with Crippen molar-refractivity contribution in [3.63, 3.8) is 0 Å². The molecule has 0 bridgehead atoms. The Kier molecular flexibility index (Phi) is 4.70. The zero-order valence-electron chi connectivity index (χ0n) is 11.0. The third-order valence-electron chi connectivity index (χ3n) is 2.81. The first kappa shape index (κ1) is 13.7. The molecule has 1 atom stereocenters. The van der Waals surface area contributed by atoms with Gasteiger partial charge in [0.05, 0.1) is 5.92 Å². The molecule has 3 nitrogen and oxygen atoms in total. The summed E-state index contributed by atoms with van der Waals surface area (Å²) in [5, 5.41) is 9.76. The van der Waals surface area contributed by atoms with Crippen LogP contribution in [0.2, 0.25) is 0 Å². The van der Waals surface area contributed by atoms with Gasteiger partial charge in [-0.05, 0) is 30.4 Å². The normalized spacial score (nSPS) is 12.6. The van der Waals surface area contributed by atoms with Crippen molar-refractivity contribution < 1.29 is 10.0 Å². The second kappa shape index (κ2) is 5.82. The Hall–Kier alpha value is -1.35. The van der Waals surface area contributed by atoms with Gasteiger partial charge in [-0.25, -0.2) is 5.06 Å². The van der Waals surface area contributed by atoms with E-state index in [1.54, 1.807) is 6.92 Å². The standard InChI is InChI=1S/C14H21NO2/c1-10(2)9-12-5-7-13(8-6-12)11(3)14(16)15(4)17/h5-8,10-11,17H,9H2,1-4H3/t11-/m0/s1. The zero-order valence-corrected chi connectivity index (χ0v) is 11.0. The number of hydrogen-bond donors (Lipinski definition) is 1. The minimum absolute atomic E-state index is 0.290. The Morgan fingerprint density at radius 2 is 1.76 bits per heavy atom. The van der Waals surface area contributed by atoms with E-state index in [1.807, 2.05) is 12.1 Å². The molecule has 94 valence electrons. The van der Waals surface area contributed by atoms with Crippen molar-refractivity contribution in [2.75, 3.05) is 7.05 Å². The van der Waals surface area contributed by atoms with Crippen LogP contribution < -0.4 is 0 Å². The molecule has 3 heteroatoms. The maximum absolute atomic E-state index is 11.6. The molecule has 0 saturated heterocycles. The summed E-state index contributed by atoms with van der Waals surface area (Å²) in [6.45, 7) is 6.16. The van der Waals surface area contributed by atoms with E-state index in [4.69, 9.17) is 5.21 Å². The molecule has 0 unspecified atom stereocenters. The lowest BCUT2D eigenvalue weighted by atomic mass is 9.96. The van der Waals surface area contributed by atoms with E-state index in [9.17, 15) is 4.79 Å². The quantitative estimate of drug-likeness (QED) is 0.644. The lowest BCUT2D eigenvalue weighted by molar-refractivity contribution is -0.160. The smallest absolute Gasteiger partial charge is 0.252 e. The fourth-order valence-corrected chi connectivity index (χ4v) is 1.84. The summed E-state index contributed by atoms with van der Waals surface area (Å²) >= 11 is 0. The summed E-state index contributed by atoms with van der Waals surface area (Å²) in [4.78, 5) is 11.6. The van der Waals surface area contributed by atoms with Crippen LogP contribution in [0.4, 0.5) is 0 Å². The van der Waals surface area contributed by atoms with Crippen molar-refractivity contribution in [2.24, 2.45) is 5.92 Å². The van der Waals surface area contributed by atoms with Crippen LogP contribution in [0.3, 0.4) is 0 Å². The van der Waals surface area contributed by atoms with Gasteiger partial charge in [0.15, 0.2) is 0 Å². The van der Waals surface area contributed by atoms with Crippen molar-refractivity contribution in [1.82, 2.24) is 5.06 Å². The molecule has 1 aromatic rings. The second-order valence-corrected chi connectivity index (χ2v) is 4.92. The van der Waals surface area contributed by atoms with Crippen molar-refractivity contribution in [3.8, 4) is 0 Å². The van der Waals surface area contributed by atoms with Crippen molar-refractivity contribution in [2.45, 2.75) is 33.1 Å². The fraction of sp³-hybridized carbons (Fsp3) is 0.500. The first-order valence-corrected chi connectivity index (χ1v) is 5.97. The van der Waals surface area contributed by atoms with E-state index in [1.165, 1.54) is 12.6 Å². The van der Waals surface area contributed by atoms with Gasteiger partial charge >= 0.3 is 0 Å². The molecular formula is C14H21NO2. The van der Waals surface area contributed by atoms with Crippen LogP contribution in [-0.4, -0.2) is 23.2 Å². The van der Waals surface area contributed by atoms with Gasteiger partial charge in [0.1, 0.15) is 0 Å². The highest BCUT2D eigenvalue weighted by molar-refractivity contribution is 5.82. The molecule has 0 spiro atoms. The summed E-state index contributed by atoms with van der Waals surface area (Å²) in [5.74, 6) is 0.0307. The third kappa shape index (κ3) is 3.86. The number of rotatable bonds is 4. The van der Waals surface area contributed by atoms with Crippen LogP contribution in [-0.2, 0) is 11.2 Å². The second-order valence-electron chi connectivity index (χ2n) is 4.92. The monoisotopic (exact) mass is 235 g/mol. The summed E-state index contributed by atoms with van der Waals surface area (Å²) in [6.07, 6.45) is 1.04. The Labute approximate surface area is 103 Å². The van der Waals surface area contributed by atoms with Gasteiger partial charge in [-0.1, -0.05) is 38.1 Å². The fourth-order valence-electron chi connectivity index (χ4n) is 1.84. The van der Waals surface area contributed by atoms with Crippen molar-refractivity contribution in [3.05, 3.63) is 35.4 Å². The Morgan fingerprint density at radius 3 is 2.18 bits per heavy atom. The maximum atomic E-state index is 11.6. The SMILES string of the molecule is CC(C)Cc1ccc([C@H](C)C(=O)N(C)O)cc1. The van der Waals surface area contributed by atoms with Gasteiger partial charge < -0.3 is 0 Å². The lowest BCUT2D eigenvalue weighted by Gasteiger charge is -2.16. The molecule has 1 amide bonds. The minimum Gasteiger partial charge on any atom is -0.286 e. The van der Waals surface area contributed by atoms with Crippen molar-refractivity contribution >= 4 is 5.91 Å². The average molecular weight is 235 g/mol. The maximum Gasteiger partial charge on any atom is 0.252 e. The van der Waals surface area contributed by atoms with Gasteiger partial charge in [0.25, 0.3) is 5.91 Å². The Bertz CT molecular complexity index is 368. The van der Waals surface area contributed by atoms with Gasteiger partial charge in [-0.15, -0.1) is 0 Å². The Morgan fingerprint density at radius 1 is 1.24 bits per heavy atom. The van der Waals surface area contributed by atoms with E-state index in [2.05, 4.69) is 26.0 Å². The number of nitrogens with zero attached hydrogens (tertiary/aromatic N) is 1. The average Bonchev–Trinajstić information content (AvgIpc) is 2.27. The molecule has 0 aliphatic heterocycles. The number of likely N-dealkylation sites (N-methyl/N-ethyl adjacent to an activating group) is 1. The van der Waals surface area contributed by atoms with Crippen LogP contribution in [0.5, 0.6) is 0 Å². The predicted octanol–water partition coefficient (Wildman–Crippen LogP) is 2.84. The summed E-state index contributed by atoms with van der Waals surface area (Å²) in [5.41, 5.74) is 2.21. The molecule has 17 heavy (non-hydrogen) atoms. The van der Waals surface area contributed by atoms with Gasteiger partial charge in [0, 0.05) is 7.05 Å². The minimum atomic E-state index is -0.307. The molecule has 1 N–H and O–H groups in total. The third-order valence-corrected chi connectivity index (χ3v) is 2.81. The predicted molar refractivity (Wildman–Crippen MR) is 68.0 cm³/mol. The zero-order chi connectivity index (χ0) is 13.0. The van der Waals surface area contributed by atoms with Crippen molar-refractivity contribution in [1.29, 1.82) is 0 Å².